The number of alkyl halides is 3. The van der Waals surface area contributed by atoms with Crippen LogP contribution >= 0.6 is 0 Å². The Balaban J connectivity index is 1.17. The topological polar surface area (TPSA) is 99.7 Å². The molecule has 2 aliphatic carbocycles. The molecule has 2 spiro atoms. The highest BCUT2D eigenvalue weighted by molar-refractivity contribution is 6.06. The fourth-order valence-corrected chi connectivity index (χ4v) is 9.68. The number of carbonyl (C=O) groups excluding carboxylic acids is 1. The SMILES string of the molecule is C=CC(=O)N1CC2(CCN(c3nc(OC4CCC5(CC4)CN(C)C5)nc4c(OCC(F)(F)F)c(-c5c(C)ccc6[nH]ncc56)c(C5CC5)cc34)CC2)C1. The molecule has 3 saturated heterocycles. The standard InChI is InChI=1S/C40H46F3N7O3/c1-4-31(51)50-21-39(22-50)13-15-49(16-14-39)36-28-17-27(25-6-7-25)33(32-24(2)5-8-30-29(32)18-44-47-30)35(52-23-40(41,42)43)34(28)45-37(46-36)53-26-9-11-38(12-10-26)19-48(3)20-38/h4-5,8,17-18,25-26H,1,6-7,9-16,19-23H2,2-3H3,(H,44,47). The Morgan fingerprint density at radius 2 is 1.72 bits per heavy atom. The third kappa shape index (κ3) is 6.28. The minimum atomic E-state index is -4.57. The van der Waals surface area contributed by atoms with Crippen LogP contribution in [0.5, 0.6) is 11.8 Å². The Hall–Kier alpha value is -4.39. The number of likely N-dealkylation sites (tertiary alicyclic amines) is 2. The van der Waals surface area contributed by atoms with Gasteiger partial charge >= 0.3 is 12.2 Å². The lowest BCUT2D eigenvalue weighted by atomic mass is 9.68. The number of nitrogens with one attached hydrogen (secondary N) is 1. The number of aromatic nitrogens is 4. The fraction of sp³-hybridized carbons (Fsp3) is 0.550. The summed E-state index contributed by atoms with van der Waals surface area (Å²) in [6.07, 6.45) is 5.91. The molecule has 53 heavy (non-hydrogen) atoms. The van der Waals surface area contributed by atoms with E-state index in [2.05, 4.69) is 39.7 Å². The second-order valence-corrected chi connectivity index (χ2v) is 16.5. The van der Waals surface area contributed by atoms with E-state index >= 15 is 0 Å². The molecule has 0 bridgehead atoms. The second kappa shape index (κ2) is 12.6. The van der Waals surface area contributed by atoms with Crippen molar-refractivity contribution in [1.82, 2.24) is 30.0 Å². The van der Waals surface area contributed by atoms with Gasteiger partial charge in [-0.2, -0.15) is 28.2 Å². The summed E-state index contributed by atoms with van der Waals surface area (Å²) in [5.74, 6) is 0.893. The monoisotopic (exact) mass is 729 g/mol. The van der Waals surface area contributed by atoms with E-state index in [0.29, 0.717) is 53.9 Å². The van der Waals surface area contributed by atoms with Crippen LogP contribution in [-0.4, -0.2) is 101 Å². The van der Waals surface area contributed by atoms with Crippen LogP contribution in [0, 0.1) is 17.8 Å². The zero-order valence-electron chi connectivity index (χ0n) is 30.4. The molecule has 4 aromatic rings. The van der Waals surface area contributed by atoms with E-state index in [0.717, 1.165) is 92.0 Å². The molecule has 5 aliphatic rings. The largest absolute Gasteiger partial charge is 0.481 e. The van der Waals surface area contributed by atoms with Crippen molar-refractivity contribution in [3.8, 4) is 22.9 Å². The van der Waals surface area contributed by atoms with E-state index in [9.17, 15) is 18.0 Å². The lowest BCUT2D eigenvalue weighted by molar-refractivity contribution is -0.153. The number of halogens is 3. The summed E-state index contributed by atoms with van der Waals surface area (Å²) in [5.41, 5.74) is 4.79. The number of anilines is 1. The average molecular weight is 730 g/mol. The fourth-order valence-electron chi connectivity index (χ4n) is 9.68. The first-order chi connectivity index (χ1) is 25.4. The van der Waals surface area contributed by atoms with E-state index < -0.39 is 12.8 Å². The number of hydrogen-bond acceptors (Lipinski definition) is 8. The maximum atomic E-state index is 14.1. The van der Waals surface area contributed by atoms with E-state index in [1.807, 2.05) is 24.0 Å². The average Bonchev–Trinajstić information content (AvgIpc) is 3.85. The number of H-pyrrole nitrogens is 1. The van der Waals surface area contributed by atoms with Crippen molar-refractivity contribution in [2.24, 2.45) is 10.8 Å². The predicted molar refractivity (Wildman–Crippen MR) is 196 cm³/mol. The Morgan fingerprint density at radius 1 is 1.00 bits per heavy atom. The van der Waals surface area contributed by atoms with Crippen LogP contribution in [0.1, 0.15) is 68.4 Å². The Kier molecular flexibility index (Phi) is 8.17. The molecule has 0 unspecified atom stereocenters. The van der Waals surface area contributed by atoms with Gasteiger partial charge in [0.15, 0.2) is 12.4 Å². The Bertz CT molecular complexity index is 2080. The minimum absolute atomic E-state index is 0.0408. The van der Waals surface area contributed by atoms with Gasteiger partial charge in [0.1, 0.15) is 17.4 Å². The van der Waals surface area contributed by atoms with Gasteiger partial charge in [0, 0.05) is 61.0 Å². The highest BCUT2D eigenvalue weighted by Gasteiger charge is 2.47. The number of carbonyl (C=O) groups is 1. The van der Waals surface area contributed by atoms with Crippen LogP contribution < -0.4 is 14.4 Å². The van der Waals surface area contributed by atoms with E-state index in [1.165, 1.54) is 6.08 Å². The zero-order valence-corrected chi connectivity index (χ0v) is 30.4. The van der Waals surface area contributed by atoms with Crippen molar-refractivity contribution in [2.45, 2.75) is 76.5 Å². The van der Waals surface area contributed by atoms with Crippen LogP contribution in [0.25, 0.3) is 32.9 Å². The third-order valence-corrected chi connectivity index (χ3v) is 12.6. The maximum absolute atomic E-state index is 14.1. The number of fused-ring (bicyclic) bond motifs is 2. The zero-order chi connectivity index (χ0) is 36.7. The van der Waals surface area contributed by atoms with Gasteiger partial charge in [0.25, 0.3) is 0 Å². The summed E-state index contributed by atoms with van der Waals surface area (Å²) in [5, 5.41) is 8.81. The molecule has 0 atom stereocenters. The molecule has 9 rings (SSSR count). The van der Waals surface area contributed by atoms with Gasteiger partial charge in [-0.1, -0.05) is 12.6 Å². The molecule has 5 fully saturated rings. The number of nitrogens with zero attached hydrogens (tertiary/aromatic N) is 6. The summed E-state index contributed by atoms with van der Waals surface area (Å²) in [4.78, 5) is 28.7. The number of rotatable bonds is 8. The molecule has 1 amide bonds. The number of aryl methyl sites for hydroxylation is 1. The van der Waals surface area contributed by atoms with Crippen molar-refractivity contribution in [1.29, 1.82) is 0 Å². The molecule has 280 valence electrons. The van der Waals surface area contributed by atoms with Gasteiger partial charge in [-0.3, -0.25) is 9.89 Å². The highest BCUT2D eigenvalue weighted by atomic mass is 19.4. The summed E-state index contributed by atoms with van der Waals surface area (Å²) >= 11 is 0. The normalized spacial score (nSPS) is 21.6. The van der Waals surface area contributed by atoms with Crippen LogP contribution in [0.3, 0.4) is 0 Å². The molecule has 10 nitrogen and oxygen atoms in total. The number of amides is 1. The van der Waals surface area contributed by atoms with Gasteiger partial charge in [0.2, 0.25) is 5.91 Å². The van der Waals surface area contributed by atoms with Gasteiger partial charge in [-0.25, -0.2) is 0 Å². The number of benzene rings is 2. The molecular weight excluding hydrogens is 683 g/mol. The Morgan fingerprint density at radius 3 is 2.38 bits per heavy atom. The number of ether oxygens (including phenoxy) is 2. The van der Waals surface area contributed by atoms with E-state index in [1.54, 1.807) is 6.20 Å². The number of hydrogen-bond donors (Lipinski definition) is 1. The molecule has 2 saturated carbocycles. The quantitative estimate of drug-likeness (QED) is 0.191. The van der Waals surface area contributed by atoms with E-state index in [-0.39, 0.29) is 35.1 Å². The first kappa shape index (κ1) is 34.4. The van der Waals surface area contributed by atoms with Crippen molar-refractivity contribution < 1.29 is 27.4 Å². The van der Waals surface area contributed by atoms with Crippen molar-refractivity contribution in [2.75, 3.05) is 57.8 Å². The van der Waals surface area contributed by atoms with Crippen molar-refractivity contribution >= 4 is 33.5 Å². The highest BCUT2D eigenvalue weighted by Crippen LogP contribution is 2.54. The molecule has 5 heterocycles. The summed E-state index contributed by atoms with van der Waals surface area (Å²) in [6.45, 7) is 9.13. The predicted octanol–water partition coefficient (Wildman–Crippen LogP) is 7.17. The molecule has 1 N–H and O–H groups in total. The number of aromatic amines is 1. The van der Waals surface area contributed by atoms with Crippen LogP contribution in [0.2, 0.25) is 0 Å². The second-order valence-electron chi connectivity index (χ2n) is 16.5. The lowest BCUT2D eigenvalue weighted by Crippen LogP contribution is -2.61. The van der Waals surface area contributed by atoms with E-state index in [4.69, 9.17) is 19.4 Å². The molecule has 3 aliphatic heterocycles. The summed E-state index contributed by atoms with van der Waals surface area (Å²) in [7, 11) is 2.15. The number of piperidine rings is 1. The molecule has 2 aromatic carbocycles. The molecule has 0 radical (unpaired) electrons. The smallest absolute Gasteiger partial charge is 0.422 e. The molecular formula is C40H46F3N7O3. The van der Waals surface area contributed by atoms with Crippen LogP contribution in [-0.2, 0) is 4.79 Å². The summed E-state index contributed by atoms with van der Waals surface area (Å²) < 4.78 is 54.8. The van der Waals surface area contributed by atoms with Crippen LogP contribution in [0.4, 0.5) is 19.0 Å². The lowest BCUT2D eigenvalue weighted by Gasteiger charge is -2.54. The minimum Gasteiger partial charge on any atom is -0.481 e. The van der Waals surface area contributed by atoms with Crippen molar-refractivity contribution in [3.63, 3.8) is 0 Å². The first-order valence-electron chi connectivity index (χ1n) is 18.9. The maximum Gasteiger partial charge on any atom is 0.422 e. The van der Waals surface area contributed by atoms with Crippen molar-refractivity contribution in [3.05, 3.63) is 48.2 Å². The van der Waals surface area contributed by atoms with Crippen LogP contribution in [0.15, 0.2) is 37.1 Å². The first-order valence-corrected chi connectivity index (χ1v) is 18.9. The van der Waals surface area contributed by atoms with Gasteiger partial charge < -0.3 is 24.2 Å². The van der Waals surface area contributed by atoms with Gasteiger partial charge in [-0.05, 0) is 112 Å². The third-order valence-electron chi connectivity index (χ3n) is 12.6. The molecule has 13 heteroatoms. The van der Waals surface area contributed by atoms with Gasteiger partial charge in [0.05, 0.1) is 11.7 Å². The Labute approximate surface area is 306 Å². The summed E-state index contributed by atoms with van der Waals surface area (Å²) in [6, 6.07) is 6.18. The van der Waals surface area contributed by atoms with Gasteiger partial charge in [-0.15, -0.1) is 0 Å². The molecule has 2 aromatic heterocycles.